The molecule has 0 aliphatic heterocycles. The van der Waals surface area contributed by atoms with Crippen LogP contribution in [0.15, 0.2) is 200 Å². The standard InChI is InChI=1S/C33H34N8O3.C25H27N5O4.C23H25N5O2.C22H23N5O2/c1-19-14-24(10-11-26(19)41-27-7-5-4-6-25(27)38-33(41)39(2)3)40(18-23-16-21(32(36)37)9-13-29(23)43)30(44)17-22-15-20(31(34)35)8-12-28(22)42;1-3-34-25(33)23-18-5-4-6-20(18)30(29-23)19-9-8-17(11-14(19)2)28-22(32)13-16-12-15(24(26)27)7-10-21(16)31;1-14-10-17(7-8-19(14)28-13-26-18-4-2-3-5-20(18)28)27-22(30)12-16-11-15(23(24)25)6-9-21(16)29;1-13-18-3-2-4-19(18)27(26-13)17-8-6-16(7-9-17)25-21(29)12-15-11-14(22(23)24)5-10-20(15)28/h4-16,42-43H,17-18H2,1-3H3,(H3,34,35)(H3,36,37);7-12,31H,3-6,13H2,1-2H3,(H3,26,27)(H,28,32);6-11,13,29H,2-5,12H2,1H3,(H3,24,25)(H,27,30);5-11,28H,2-4,12H2,1H3,(H3,23,24)(H,25,29). The summed E-state index contributed by atoms with van der Waals surface area (Å²) in [5, 5.41) is 107. The van der Waals surface area contributed by atoms with Crippen molar-refractivity contribution in [2.24, 2.45) is 28.7 Å². The lowest BCUT2D eigenvalue weighted by Gasteiger charge is -2.26. The number of amides is 4. The Morgan fingerprint density at radius 3 is 1.38 bits per heavy atom. The van der Waals surface area contributed by atoms with Crippen LogP contribution in [0, 0.1) is 54.7 Å². The maximum absolute atomic E-state index is 14.0. The number of anilines is 5. The van der Waals surface area contributed by atoms with E-state index in [9.17, 15) is 49.5 Å². The summed E-state index contributed by atoms with van der Waals surface area (Å²) in [5.41, 5.74) is 51.3. The summed E-state index contributed by atoms with van der Waals surface area (Å²) < 4.78 is 13.2. The molecule has 4 aromatic heterocycles. The number of imidazole rings is 2. The Bertz CT molecular complexity index is 7100. The molecule has 4 heterocycles. The number of para-hydroxylation sites is 2. The summed E-state index contributed by atoms with van der Waals surface area (Å²) in [7, 11) is 3.86. The first kappa shape index (κ1) is 95.9. The van der Waals surface area contributed by atoms with Gasteiger partial charge in [0.05, 0.1) is 84.6 Å². The average molecular weight is 1850 g/mol. The number of carbonyl (C=O) groups is 5. The number of ether oxygens (including phenoxy) is 1. The van der Waals surface area contributed by atoms with Crippen LogP contribution in [0.2, 0.25) is 0 Å². The number of rotatable bonds is 26. The Morgan fingerprint density at radius 2 is 0.883 bits per heavy atom. The summed E-state index contributed by atoms with van der Waals surface area (Å²) in [4.78, 5) is 76.7. The Labute approximate surface area is 790 Å². The molecule has 0 radical (unpaired) electrons. The molecule has 0 spiro atoms. The van der Waals surface area contributed by atoms with E-state index in [1.54, 1.807) is 48.0 Å². The van der Waals surface area contributed by atoms with E-state index in [4.69, 9.17) is 65.4 Å². The molecular weight excluding hydrogens is 1740 g/mol. The van der Waals surface area contributed by atoms with Crippen molar-refractivity contribution < 1.29 is 54.2 Å². The van der Waals surface area contributed by atoms with Crippen LogP contribution < -0.4 is 54.4 Å². The van der Waals surface area contributed by atoms with Gasteiger partial charge in [-0.15, -0.1) is 0 Å². The van der Waals surface area contributed by atoms with Crippen LogP contribution >= 0.6 is 0 Å². The number of nitrogens with two attached hydrogens (primary N) is 5. The molecule has 10 aromatic carbocycles. The molecule has 137 heavy (non-hydrogen) atoms. The number of esters is 1. The number of hydrogen-bond acceptors (Lipinski definition) is 21. The molecule has 702 valence electrons. The fraction of sp³-hybridized carbons (Fsp3) is 0.223. The van der Waals surface area contributed by atoms with Crippen LogP contribution in [0.25, 0.3) is 33.8 Å². The highest BCUT2D eigenvalue weighted by molar-refractivity contribution is 6.02. The van der Waals surface area contributed by atoms with Gasteiger partial charge in [-0.1, -0.05) is 12.1 Å². The largest absolute Gasteiger partial charge is 0.508 e. The number of aryl methyl sites for hydroxylation is 5. The second-order valence-corrected chi connectivity index (χ2v) is 34.0. The maximum Gasteiger partial charge on any atom is 0.359 e. The van der Waals surface area contributed by atoms with E-state index in [0.717, 1.165) is 118 Å². The van der Waals surface area contributed by atoms with Crippen molar-refractivity contribution in [1.29, 1.82) is 27.0 Å². The summed E-state index contributed by atoms with van der Waals surface area (Å²) in [6.45, 7) is 9.97. The molecule has 23 N–H and O–H groups in total. The molecule has 34 heteroatoms. The lowest BCUT2D eigenvalue weighted by atomic mass is 10.0. The van der Waals surface area contributed by atoms with Gasteiger partial charge in [-0.2, -0.15) is 10.2 Å². The number of nitrogens with one attached hydrogen (secondary N) is 8. The molecule has 0 unspecified atom stereocenters. The molecule has 0 bridgehead atoms. The van der Waals surface area contributed by atoms with Crippen LogP contribution in [-0.4, -0.2) is 144 Å². The fourth-order valence-corrected chi connectivity index (χ4v) is 17.1. The van der Waals surface area contributed by atoms with Crippen molar-refractivity contribution in [3.63, 3.8) is 0 Å². The minimum absolute atomic E-state index is 0.00315. The smallest absolute Gasteiger partial charge is 0.359 e. The van der Waals surface area contributed by atoms with E-state index in [0.29, 0.717) is 90.7 Å². The minimum Gasteiger partial charge on any atom is -0.508 e. The molecule has 14 aromatic rings. The molecule has 0 saturated carbocycles. The number of amidine groups is 5. The predicted molar refractivity (Wildman–Crippen MR) is 529 cm³/mol. The third kappa shape index (κ3) is 22.1. The molecular formula is C103H109N23O11. The van der Waals surface area contributed by atoms with E-state index >= 15 is 0 Å². The van der Waals surface area contributed by atoms with Gasteiger partial charge in [0.1, 0.15) is 57.9 Å². The summed E-state index contributed by atoms with van der Waals surface area (Å²) in [6.07, 6.45) is 11.9. The number of hydrogen-bond donors (Lipinski definition) is 18. The first-order chi connectivity index (χ1) is 65.6. The van der Waals surface area contributed by atoms with Crippen LogP contribution in [0.3, 0.4) is 0 Å². The van der Waals surface area contributed by atoms with Gasteiger partial charge >= 0.3 is 5.97 Å². The summed E-state index contributed by atoms with van der Waals surface area (Å²) in [6, 6.07) is 54.9. The van der Waals surface area contributed by atoms with E-state index in [1.165, 1.54) is 107 Å². The second-order valence-electron chi connectivity index (χ2n) is 34.0. The van der Waals surface area contributed by atoms with Gasteiger partial charge in [-0.3, -0.25) is 50.8 Å². The third-order valence-electron chi connectivity index (χ3n) is 24.1. The third-order valence-corrected chi connectivity index (χ3v) is 24.1. The molecule has 0 fully saturated rings. The Kier molecular flexibility index (Phi) is 29.2. The number of phenols is 5. The van der Waals surface area contributed by atoms with Crippen LogP contribution in [0.5, 0.6) is 28.7 Å². The van der Waals surface area contributed by atoms with E-state index in [1.807, 2.05) is 155 Å². The number of carbonyl (C=O) groups excluding carboxylic acids is 5. The van der Waals surface area contributed by atoms with Gasteiger partial charge < -0.3 is 89.3 Å². The van der Waals surface area contributed by atoms with Crippen molar-refractivity contribution >= 4 is 98.5 Å². The first-order valence-corrected chi connectivity index (χ1v) is 44.6. The Morgan fingerprint density at radius 1 is 0.445 bits per heavy atom. The number of phenolic OH excluding ortho intramolecular Hbond substituents is 5. The van der Waals surface area contributed by atoms with Gasteiger partial charge in [0.15, 0.2) is 5.69 Å². The monoisotopic (exact) mass is 1840 g/mol. The predicted octanol–water partition coefficient (Wildman–Crippen LogP) is 13.2. The molecule has 34 nitrogen and oxygen atoms in total. The van der Waals surface area contributed by atoms with Gasteiger partial charge in [-0.05, 0) is 303 Å². The van der Waals surface area contributed by atoms with Crippen molar-refractivity contribution in [1.82, 2.24) is 38.7 Å². The van der Waals surface area contributed by atoms with Crippen molar-refractivity contribution in [3.8, 4) is 51.5 Å². The van der Waals surface area contributed by atoms with Gasteiger partial charge in [-0.25, -0.2) is 24.1 Å². The summed E-state index contributed by atoms with van der Waals surface area (Å²) >= 11 is 0. The first-order valence-electron chi connectivity index (χ1n) is 44.6. The number of nitrogens with zero attached hydrogens (tertiary/aromatic N) is 10. The fourth-order valence-electron chi connectivity index (χ4n) is 17.1. The normalized spacial score (nSPS) is 12.1. The quantitative estimate of drug-likeness (QED) is 0.0136. The van der Waals surface area contributed by atoms with Gasteiger partial charge in [0.2, 0.25) is 29.6 Å². The number of fused-ring (bicyclic) bond motifs is 4. The van der Waals surface area contributed by atoms with Gasteiger partial charge in [0, 0.05) is 121 Å². The average Bonchev–Trinajstić information content (AvgIpc) is 1.62. The van der Waals surface area contributed by atoms with E-state index in [2.05, 4.69) is 40.3 Å². The van der Waals surface area contributed by atoms with Crippen LogP contribution in [0.4, 0.5) is 28.7 Å². The zero-order valence-electron chi connectivity index (χ0n) is 76.9. The minimum atomic E-state index is -0.405. The lowest BCUT2D eigenvalue weighted by molar-refractivity contribution is -0.118. The maximum atomic E-state index is 14.0. The van der Waals surface area contributed by atoms with Crippen LogP contribution in [-0.2, 0) is 94.7 Å². The lowest BCUT2D eigenvalue weighted by Crippen LogP contribution is -2.32. The molecule has 4 amide bonds. The molecule has 3 aliphatic carbocycles. The number of aromatic hydroxyl groups is 5. The SMILES string of the molecule is CCOC(=O)c1nn(-c2ccc(NC(=O)Cc3cc(C(=N)N)ccc3O)cc2C)c2c1CCC2.Cc1cc(N(Cc2cc(C(=N)N)ccc2O)C(=O)Cc2cc(C(=N)N)ccc2O)ccc1-n1c(N(C)C)nc2ccccc21.Cc1cc(NC(=O)Cc2cc(C(=N)N)ccc2O)ccc1-n1cnc2c1CCCC2.Cc1nn(-c2ccc(NC(=O)Cc3cc(C(=N)N)ccc3O)cc2)c2c1CCC2. The molecule has 3 aliphatic rings. The number of benzene rings is 10. The number of aromatic nitrogens is 8. The highest BCUT2D eigenvalue weighted by atomic mass is 16.5. The Balaban J connectivity index is 0.000000148. The highest BCUT2D eigenvalue weighted by Crippen LogP contribution is 2.37. The van der Waals surface area contributed by atoms with E-state index < -0.39 is 5.97 Å². The molecule has 17 rings (SSSR count). The van der Waals surface area contributed by atoms with Crippen molar-refractivity contribution in [3.05, 3.63) is 318 Å². The zero-order valence-corrected chi connectivity index (χ0v) is 76.9. The van der Waals surface area contributed by atoms with Crippen LogP contribution in [0.1, 0.15) is 155 Å². The number of nitrogen functional groups attached to an aromatic ring is 5. The zero-order chi connectivity index (χ0) is 97.9. The molecule has 0 atom stereocenters. The van der Waals surface area contributed by atoms with Gasteiger partial charge in [0.25, 0.3) is 0 Å². The van der Waals surface area contributed by atoms with Crippen molar-refractivity contribution in [2.45, 2.75) is 131 Å². The van der Waals surface area contributed by atoms with E-state index in [-0.39, 0.29) is 114 Å². The highest BCUT2D eigenvalue weighted by Gasteiger charge is 2.31. The molecule has 0 saturated heterocycles. The topological polar surface area (TPSA) is 559 Å². The van der Waals surface area contributed by atoms with Crippen molar-refractivity contribution in [2.75, 3.05) is 46.5 Å². The summed E-state index contributed by atoms with van der Waals surface area (Å²) in [5.74, 6) is -1.72. The second kappa shape index (κ2) is 41.7. The Hall–Kier alpha value is -17.2.